The van der Waals surface area contributed by atoms with Crippen LogP contribution < -0.4 is 0 Å². The first kappa shape index (κ1) is 28.6. The van der Waals surface area contributed by atoms with Gasteiger partial charge in [0.1, 0.15) is 11.2 Å². The van der Waals surface area contributed by atoms with Crippen LogP contribution in [0.1, 0.15) is 5.56 Å². The molecule has 0 fully saturated rings. The van der Waals surface area contributed by atoms with E-state index in [2.05, 4.69) is 177 Å². The third kappa shape index (κ3) is 4.34. The summed E-state index contributed by atoms with van der Waals surface area (Å²) in [4.78, 5) is 0. The summed E-state index contributed by atoms with van der Waals surface area (Å²) in [5, 5.41) is 9.85. The molecule has 1 heteroatoms. The predicted molar refractivity (Wildman–Crippen MR) is 213 cm³/mol. The monoisotopic (exact) mass is 636 g/mol. The van der Waals surface area contributed by atoms with E-state index in [1.165, 1.54) is 82.4 Å². The molecule has 0 bridgehead atoms. The summed E-state index contributed by atoms with van der Waals surface area (Å²) in [6.07, 6.45) is 0. The third-order valence-electron chi connectivity index (χ3n) is 10.4. The average Bonchev–Trinajstić information content (AvgIpc) is 3.56. The minimum absolute atomic E-state index is 0.906. The lowest BCUT2D eigenvalue weighted by molar-refractivity contribution is 0.669. The van der Waals surface area contributed by atoms with Gasteiger partial charge in [0.2, 0.25) is 0 Å². The molecule has 1 aromatic heterocycles. The summed E-state index contributed by atoms with van der Waals surface area (Å²) in [5.41, 5.74) is 12.9. The van der Waals surface area contributed by atoms with Crippen LogP contribution in [0.25, 0.3) is 98.8 Å². The lowest BCUT2D eigenvalue weighted by atomic mass is 9.84. The molecule has 1 heterocycles. The Morgan fingerprint density at radius 3 is 1.54 bits per heavy atom. The van der Waals surface area contributed by atoms with E-state index < -0.39 is 0 Å². The van der Waals surface area contributed by atoms with E-state index >= 15 is 0 Å². The van der Waals surface area contributed by atoms with Crippen molar-refractivity contribution in [3.8, 4) is 44.5 Å². The Morgan fingerprint density at radius 1 is 0.320 bits per heavy atom. The molecule has 9 aromatic carbocycles. The number of hydrogen-bond donors (Lipinski definition) is 0. The molecule has 0 aliphatic heterocycles. The summed E-state index contributed by atoms with van der Waals surface area (Å²) in [6.45, 7) is 2.19. The van der Waals surface area contributed by atoms with E-state index in [9.17, 15) is 0 Å². The molecule has 0 radical (unpaired) electrons. The van der Waals surface area contributed by atoms with Crippen molar-refractivity contribution >= 4 is 54.3 Å². The van der Waals surface area contributed by atoms with Gasteiger partial charge in [-0.1, -0.05) is 158 Å². The zero-order valence-electron chi connectivity index (χ0n) is 27.7. The Balaban J connectivity index is 1.23. The van der Waals surface area contributed by atoms with Gasteiger partial charge in [-0.15, -0.1) is 0 Å². The average molecular weight is 637 g/mol. The minimum atomic E-state index is 0.906. The lowest BCUT2D eigenvalue weighted by Crippen LogP contribution is -1.92. The first-order valence-electron chi connectivity index (χ1n) is 17.3. The van der Waals surface area contributed by atoms with E-state index in [0.29, 0.717) is 0 Å². The van der Waals surface area contributed by atoms with Crippen LogP contribution >= 0.6 is 0 Å². The van der Waals surface area contributed by atoms with Crippen molar-refractivity contribution < 1.29 is 4.42 Å². The van der Waals surface area contributed by atoms with Crippen molar-refractivity contribution in [2.24, 2.45) is 0 Å². The minimum Gasteiger partial charge on any atom is -0.456 e. The van der Waals surface area contributed by atoms with Gasteiger partial charge in [0.05, 0.1) is 0 Å². The van der Waals surface area contributed by atoms with Crippen molar-refractivity contribution in [1.29, 1.82) is 0 Å². The number of fused-ring (bicyclic) bond motifs is 6. The zero-order chi connectivity index (χ0) is 33.2. The van der Waals surface area contributed by atoms with Gasteiger partial charge >= 0.3 is 0 Å². The maximum absolute atomic E-state index is 6.40. The first-order valence-corrected chi connectivity index (χ1v) is 17.3. The Labute approximate surface area is 290 Å². The fourth-order valence-electron chi connectivity index (χ4n) is 8.19. The molecular weight excluding hydrogens is 605 g/mol. The largest absolute Gasteiger partial charge is 0.456 e. The second-order valence-electron chi connectivity index (χ2n) is 13.2. The molecular formula is C49H32O. The second-order valence-corrected chi connectivity index (χ2v) is 13.2. The van der Waals surface area contributed by atoms with Crippen LogP contribution in [0.15, 0.2) is 180 Å². The van der Waals surface area contributed by atoms with Crippen LogP contribution in [0.3, 0.4) is 0 Å². The van der Waals surface area contributed by atoms with Gasteiger partial charge in [-0.25, -0.2) is 0 Å². The number of hydrogen-bond acceptors (Lipinski definition) is 1. The Morgan fingerprint density at radius 2 is 0.840 bits per heavy atom. The van der Waals surface area contributed by atoms with Crippen LogP contribution in [0.4, 0.5) is 0 Å². The molecule has 234 valence electrons. The Hall–Kier alpha value is -6.44. The molecule has 10 aromatic rings. The number of benzene rings is 9. The molecule has 0 saturated heterocycles. The molecule has 0 amide bonds. The highest BCUT2D eigenvalue weighted by Gasteiger charge is 2.20. The summed E-state index contributed by atoms with van der Waals surface area (Å²) in [7, 11) is 0. The molecule has 0 unspecified atom stereocenters. The van der Waals surface area contributed by atoms with Gasteiger partial charge in [0, 0.05) is 16.3 Å². The van der Waals surface area contributed by atoms with Crippen LogP contribution in [0.5, 0.6) is 0 Å². The van der Waals surface area contributed by atoms with Gasteiger partial charge in [0.15, 0.2) is 0 Å². The van der Waals surface area contributed by atoms with Gasteiger partial charge < -0.3 is 4.42 Å². The van der Waals surface area contributed by atoms with Crippen LogP contribution in [-0.4, -0.2) is 0 Å². The fourth-order valence-corrected chi connectivity index (χ4v) is 8.19. The topological polar surface area (TPSA) is 13.1 Å². The highest BCUT2D eigenvalue weighted by molar-refractivity contribution is 6.23. The van der Waals surface area contributed by atoms with Gasteiger partial charge in [-0.2, -0.15) is 0 Å². The van der Waals surface area contributed by atoms with Crippen molar-refractivity contribution in [2.75, 3.05) is 0 Å². The first-order chi connectivity index (χ1) is 24.7. The maximum atomic E-state index is 6.40. The third-order valence-corrected chi connectivity index (χ3v) is 10.4. The van der Waals surface area contributed by atoms with Crippen molar-refractivity contribution in [3.63, 3.8) is 0 Å². The molecule has 50 heavy (non-hydrogen) atoms. The number of para-hydroxylation sites is 1. The summed E-state index contributed by atoms with van der Waals surface area (Å²) in [6, 6.07) is 63.8. The van der Waals surface area contributed by atoms with Gasteiger partial charge in [-0.05, 0) is 102 Å². The molecule has 0 saturated carbocycles. The lowest BCUT2D eigenvalue weighted by Gasteiger charge is -2.19. The van der Waals surface area contributed by atoms with Crippen LogP contribution in [-0.2, 0) is 0 Å². The van der Waals surface area contributed by atoms with Crippen molar-refractivity contribution in [2.45, 2.75) is 6.92 Å². The second kappa shape index (κ2) is 11.3. The van der Waals surface area contributed by atoms with E-state index in [-0.39, 0.29) is 0 Å². The highest BCUT2D eigenvalue weighted by atomic mass is 16.3. The standard InChI is InChI=1S/C49H32O/c1-31-13-2-4-16-35(31)42-29-30-45-49(43-22-10-11-24-44(43)50-45)47(42)34-27-25-33(26-28-34)46-38-18-6-8-20-40(38)48(41-21-9-7-19-39(41)46)37-23-12-15-32-14-3-5-17-36(32)37/h2-30H,1H3. The van der Waals surface area contributed by atoms with Crippen molar-refractivity contribution in [3.05, 3.63) is 181 Å². The molecule has 1 nitrogen and oxygen atoms in total. The fraction of sp³-hybridized carbons (Fsp3) is 0.0204. The smallest absolute Gasteiger partial charge is 0.136 e. The summed E-state index contributed by atoms with van der Waals surface area (Å²) >= 11 is 0. The molecule has 0 aliphatic carbocycles. The Bertz CT molecular complexity index is 2860. The SMILES string of the molecule is Cc1ccccc1-c1ccc2oc3ccccc3c2c1-c1ccc(-c2c3ccccc3c(-c3cccc4ccccc34)c3ccccc23)cc1. The number of rotatable bonds is 4. The van der Waals surface area contributed by atoms with Gasteiger partial charge in [0.25, 0.3) is 0 Å². The van der Waals surface area contributed by atoms with Crippen molar-refractivity contribution in [1.82, 2.24) is 0 Å². The Kier molecular flexibility index (Phi) is 6.47. The predicted octanol–water partition coefficient (Wildman–Crippen LogP) is 14.0. The highest BCUT2D eigenvalue weighted by Crippen LogP contribution is 2.47. The number of aryl methyl sites for hydroxylation is 1. The summed E-state index contributed by atoms with van der Waals surface area (Å²) in [5.74, 6) is 0. The molecule has 0 N–H and O–H groups in total. The quantitative estimate of drug-likeness (QED) is 0.175. The summed E-state index contributed by atoms with van der Waals surface area (Å²) < 4.78 is 6.40. The molecule has 10 rings (SSSR count). The molecule has 0 aliphatic rings. The zero-order valence-corrected chi connectivity index (χ0v) is 27.7. The van der Waals surface area contributed by atoms with E-state index in [1.54, 1.807) is 0 Å². The van der Waals surface area contributed by atoms with Gasteiger partial charge in [-0.3, -0.25) is 0 Å². The van der Waals surface area contributed by atoms with E-state index in [4.69, 9.17) is 4.42 Å². The van der Waals surface area contributed by atoms with Crippen LogP contribution in [0.2, 0.25) is 0 Å². The molecule has 0 spiro atoms. The van der Waals surface area contributed by atoms with Crippen LogP contribution in [0, 0.1) is 6.92 Å². The maximum Gasteiger partial charge on any atom is 0.136 e. The molecule has 0 atom stereocenters. The normalized spacial score (nSPS) is 11.7. The number of furan rings is 1. The van der Waals surface area contributed by atoms with E-state index in [0.717, 1.165) is 21.9 Å². The van der Waals surface area contributed by atoms with E-state index in [1.807, 2.05) is 6.07 Å².